The maximum Gasteiger partial charge on any atom is 0.246 e. The molecule has 0 aromatic rings. The molecule has 0 aromatic heterocycles. The van der Waals surface area contributed by atoms with E-state index in [0.29, 0.717) is 6.61 Å². The van der Waals surface area contributed by atoms with Crippen LogP contribution in [0.1, 0.15) is 19.8 Å². The van der Waals surface area contributed by atoms with Crippen LogP contribution in [0.3, 0.4) is 0 Å². The molecule has 0 saturated carbocycles. The molecule has 0 bridgehead atoms. The molecule has 1 aliphatic heterocycles. The summed E-state index contributed by atoms with van der Waals surface area (Å²) in [4.78, 5) is 10.8. The molecule has 12 heavy (non-hydrogen) atoms. The van der Waals surface area contributed by atoms with E-state index in [1.54, 1.807) is 0 Å². The monoisotopic (exact) mass is 169 g/mol. The third-order valence-corrected chi connectivity index (χ3v) is 1.70. The van der Waals surface area contributed by atoms with Crippen LogP contribution in [0.2, 0.25) is 0 Å². The molecule has 0 radical (unpaired) electrons. The summed E-state index contributed by atoms with van der Waals surface area (Å²) in [7, 11) is 0. The number of carbonyl (C=O) groups excluding carboxylic acids is 1. The molecule has 1 atom stereocenters. The lowest BCUT2D eigenvalue weighted by molar-refractivity contribution is -0.130. The van der Waals surface area contributed by atoms with E-state index in [1.807, 2.05) is 6.08 Å². The highest BCUT2D eigenvalue weighted by molar-refractivity contribution is 5.78. The van der Waals surface area contributed by atoms with Gasteiger partial charge in [0.15, 0.2) is 0 Å². The Bertz CT molecular complexity index is 177. The van der Waals surface area contributed by atoms with E-state index in [-0.39, 0.29) is 18.6 Å². The Balaban J connectivity index is 2.26. The van der Waals surface area contributed by atoms with Gasteiger partial charge in [-0.1, -0.05) is 25.5 Å². The Morgan fingerprint density at radius 2 is 2.58 bits per heavy atom. The molecule has 1 N–H and O–H groups in total. The summed E-state index contributed by atoms with van der Waals surface area (Å²) in [6.45, 7) is 2.93. The average Bonchev–Trinajstić information content (AvgIpc) is 2.05. The Kier molecular flexibility index (Phi) is 3.80. The number of allylic oxidation sites excluding steroid dienone is 1. The molecular weight excluding hydrogens is 154 g/mol. The third-order valence-electron chi connectivity index (χ3n) is 1.70. The fourth-order valence-electron chi connectivity index (χ4n) is 1.10. The van der Waals surface area contributed by atoms with Crippen molar-refractivity contribution in [3.05, 3.63) is 12.2 Å². The van der Waals surface area contributed by atoms with Gasteiger partial charge >= 0.3 is 0 Å². The Labute approximate surface area is 72.8 Å². The van der Waals surface area contributed by atoms with E-state index in [0.717, 1.165) is 12.8 Å². The van der Waals surface area contributed by atoms with Gasteiger partial charge in [-0.05, 0) is 6.42 Å². The summed E-state index contributed by atoms with van der Waals surface area (Å²) in [5.41, 5.74) is 0. The summed E-state index contributed by atoms with van der Waals surface area (Å²) in [6.07, 6.45) is 6.28. The number of nitrogens with one attached hydrogen (secondary N) is 1. The number of morpholine rings is 1. The van der Waals surface area contributed by atoms with Crippen LogP contribution in [-0.2, 0) is 9.53 Å². The molecule has 1 rings (SSSR count). The third kappa shape index (κ3) is 3.05. The van der Waals surface area contributed by atoms with Crippen molar-refractivity contribution in [2.24, 2.45) is 0 Å². The van der Waals surface area contributed by atoms with Gasteiger partial charge in [0, 0.05) is 0 Å². The predicted molar refractivity (Wildman–Crippen MR) is 46.8 cm³/mol. The lowest BCUT2D eigenvalue weighted by Gasteiger charge is -2.20. The lowest BCUT2D eigenvalue weighted by atomic mass is 10.2. The molecule has 1 saturated heterocycles. The second-order valence-corrected chi connectivity index (χ2v) is 2.91. The quantitative estimate of drug-likeness (QED) is 0.636. The molecule has 0 spiro atoms. The SMILES string of the molecule is CCC/C=C/C1COCC(=O)N1. The second kappa shape index (κ2) is 4.93. The molecule has 1 unspecified atom stereocenters. The van der Waals surface area contributed by atoms with E-state index < -0.39 is 0 Å². The van der Waals surface area contributed by atoms with Crippen LogP contribution < -0.4 is 5.32 Å². The van der Waals surface area contributed by atoms with Gasteiger partial charge in [0.05, 0.1) is 12.6 Å². The summed E-state index contributed by atoms with van der Waals surface area (Å²) in [5, 5.41) is 2.82. The number of unbranched alkanes of at least 4 members (excludes halogenated alkanes) is 1. The van der Waals surface area contributed by atoms with Gasteiger partial charge in [-0.3, -0.25) is 4.79 Å². The van der Waals surface area contributed by atoms with Crippen molar-refractivity contribution in [3.63, 3.8) is 0 Å². The number of amides is 1. The van der Waals surface area contributed by atoms with Gasteiger partial charge in [-0.2, -0.15) is 0 Å². The first-order valence-corrected chi connectivity index (χ1v) is 4.36. The fourth-order valence-corrected chi connectivity index (χ4v) is 1.10. The zero-order valence-corrected chi connectivity index (χ0v) is 7.38. The lowest BCUT2D eigenvalue weighted by Crippen LogP contribution is -2.44. The minimum Gasteiger partial charge on any atom is -0.369 e. The van der Waals surface area contributed by atoms with Crippen LogP contribution in [-0.4, -0.2) is 25.2 Å². The van der Waals surface area contributed by atoms with Crippen LogP contribution in [0.5, 0.6) is 0 Å². The van der Waals surface area contributed by atoms with E-state index in [1.165, 1.54) is 0 Å². The smallest absolute Gasteiger partial charge is 0.246 e. The van der Waals surface area contributed by atoms with Crippen molar-refractivity contribution in [2.45, 2.75) is 25.8 Å². The van der Waals surface area contributed by atoms with Crippen molar-refractivity contribution in [3.8, 4) is 0 Å². The van der Waals surface area contributed by atoms with Crippen LogP contribution in [0, 0.1) is 0 Å². The molecule has 0 aromatic carbocycles. The highest BCUT2D eigenvalue weighted by atomic mass is 16.5. The maximum absolute atomic E-state index is 10.8. The largest absolute Gasteiger partial charge is 0.369 e. The van der Waals surface area contributed by atoms with Crippen LogP contribution in [0.4, 0.5) is 0 Å². The van der Waals surface area contributed by atoms with Crippen LogP contribution in [0.25, 0.3) is 0 Å². The zero-order valence-electron chi connectivity index (χ0n) is 7.38. The Morgan fingerprint density at radius 1 is 1.75 bits per heavy atom. The molecule has 68 valence electrons. The normalized spacial score (nSPS) is 24.4. The predicted octanol–water partition coefficient (Wildman–Crippen LogP) is 0.858. The summed E-state index contributed by atoms with van der Waals surface area (Å²) in [5.74, 6) is -0.0209. The molecule has 1 heterocycles. The number of ether oxygens (including phenoxy) is 1. The molecule has 3 nitrogen and oxygen atoms in total. The second-order valence-electron chi connectivity index (χ2n) is 2.91. The van der Waals surface area contributed by atoms with E-state index in [4.69, 9.17) is 4.74 Å². The standard InChI is InChI=1S/C9H15NO2/c1-2-3-4-5-8-6-12-7-9(11)10-8/h4-5,8H,2-3,6-7H2,1H3,(H,10,11)/b5-4+. The first-order valence-electron chi connectivity index (χ1n) is 4.36. The van der Waals surface area contributed by atoms with Crippen molar-refractivity contribution in [1.82, 2.24) is 5.32 Å². The first-order chi connectivity index (χ1) is 5.83. The van der Waals surface area contributed by atoms with E-state index >= 15 is 0 Å². The average molecular weight is 169 g/mol. The topological polar surface area (TPSA) is 38.3 Å². The Morgan fingerprint density at radius 3 is 3.25 bits per heavy atom. The molecular formula is C9H15NO2. The highest BCUT2D eigenvalue weighted by Crippen LogP contribution is 1.97. The van der Waals surface area contributed by atoms with Gasteiger partial charge in [0.1, 0.15) is 6.61 Å². The zero-order chi connectivity index (χ0) is 8.81. The molecule has 1 aliphatic rings. The molecule has 1 fully saturated rings. The van der Waals surface area contributed by atoms with Gasteiger partial charge in [0.25, 0.3) is 0 Å². The van der Waals surface area contributed by atoms with Crippen molar-refractivity contribution < 1.29 is 9.53 Å². The van der Waals surface area contributed by atoms with Crippen molar-refractivity contribution in [2.75, 3.05) is 13.2 Å². The highest BCUT2D eigenvalue weighted by Gasteiger charge is 2.14. The number of rotatable bonds is 3. The minimum absolute atomic E-state index is 0.0209. The fraction of sp³-hybridized carbons (Fsp3) is 0.667. The number of hydrogen-bond acceptors (Lipinski definition) is 2. The summed E-state index contributed by atoms with van der Waals surface area (Å²) in [6, 6.07) is 0.0813. The number of carbonyl (C=O) groups is 1. The Hall–Kier alpha value is -0.830. The number of hydrogen-bond donors (Lipinski definition) is 1. The molecule has 1 amide bonds. The van der Waals surface area contributed by atoms with E-state index in [9.17, 15) is 4.79 Å². The van der Waals surface area contributed by atoms with Crippen LogP contribution in [0.15, 0.2) is 12.2 Å². The summed E-state index contributed by atoms with van der Waals surface area (Å²) < 4.78 is 5.06. The van der Waals surface area contributed by atoms with Gasteiger partial charge in [0.2, 0.25) is 5.91 Å². The minimum atomic E-state index is -0.0209. The maximum atomic E-state index is 10.8. The molecule has 3 heteroatoms. The van der Waals surface area contributed by atoms with Gasteiger partial charge < -0.3 is 10.1 Å². The summed E-state index contributed by atoms with van der Waals surface area (Å²) >= 11 is 0. The van der Waals surface area contributed by atoms with Gasteiger partial charge in [-0.25, -0.2) is 0 Å². The van der Waals surface area contributed by atoms with Crippen molar-refractivity contribution >= 4 is 5.91 Å². The molecule has 0 aliphatic carbocycles. The van der Waals surface area contributed by atoms with Crippen molar-refractivity contribution in [1.29, 1.82) is 0 Å². The first kappa shape index (κ1) is 9.26. The van der Waals surface area contributed by atoms with Gasteiger partial charge in [-0.15, -0.1) is 0 Å². The van der Waals surface area contributed by atoms with E-state index in [2.05, 4.69) is 18.3 Å². The van der Waals surface area contributed by atoms with Crippen LogP contribution >= 0.6 is 0 Å².